The second kappa shape index (κ2) is 7.12. The third kappa shape index (κ3) is 4.23. The van der Waals surface area contributed by atoms with E-state index in [-0.39, 0.29) is 5.91 Å². The minimum absolute atomic E-state index is 0.170. The number of nitrogens with zero attached hydrogens (tertiary/aromatic N) is 1. The first-order chi connectivity index (χ1) is 8.19. The molecule has 17 heavy (non-hydrogen) atoms. The first-order valence-electron chi connectivity index (χ1n) is 5.52. The lowest BCUT2D eigenvalue weighted by Crippen LogP contribution is -2.28. The summed E-state index contributed by atoms with van der Waals surface area (Å²) in [6.07, 6.45) is 2.47. The van der Waals surface area contributed by atoms with Crippen molar-refractivity contribution in [2.45, 2.75) is 13.3 Å². The summed E-state index contributed by atoms with van der Waals surface area (Å²) in [4.78, 5) is 15.8. The van der Waals surface area contributed by atoms with Crippen LogP contribution in [-0.2, 0) is 0 Å². The van der Waals surface area contributed by atoms with Crippen LogP contribution in [0.3, 0.4) is 0 Å². The van der Waals surface area contributed by atoms with Crippen molar-refractivity contribution >= 4 is 17.5 Å². The fraction of sp³-hybridized carbons (Fsp3) is 0.500. The molecular weight excluding hydrogens is 240 g/mol. The second-order valence-corrected chi connectivity index (χ2v) is 4.23. The number of nitrogens with one attached hydrogen (secondary N) is 1. The van der Waals surface area contributed by atoms with E-state index >= 15 is 0 Å². The molecule has 0 spiro atoms. The Hall–Kier alpha value is -1.29. The summed E-state index contributed by atoms with van der Waals surface area (Å²) in [5.41, 5.74) is 0.452. The SMILES string of the molecule is COc1ncccc1C(=O)NCC(C)CCCl. The molecule has 1 aromatic heterocycles. The van der Waals surface area contributed by atoms with Crippen molar-refractivity contribution in [2.24, 2.45) is 5.92 Å². The van der Waals surface area contributed by atoms with Crippen LogP contribution < -0.4 is 10.1 Å². The van der Waals surface area contributed by atoms with Gasteiger partial charge in [0.1, 0.15) is 5.56 Å². The minimum atomic E-state index is -0.170. The Kier molecular flexibility index (Phi) is 5.77. The summed E-state index contributed by atoms with van der Waals surface area (Å²) in [5.74, 6) is 1.14. The van der Waals surface area contributed by atoms with E-state index < -0.39 is 0 Å². The first-order valence-corrected chi connectivity index (χ1v) is 6.05. The van der Waals surface area contributed by atoms with E-state index in [2.05, 4.69) is 10.3 Å². The van der Waals surface area contributed by atoms with Crippen LogP contribution in [0.5, 0.6) is 5.88 Å². The molecule has 4 nitrogen and oxygen atoms in total. The van der Waals surface area contributed by atoms with Crippen molar-refractivity contribution in [2.75, 3.05) is 19.5 Å². The lowest BCUT2D eigenvalue weighted by molar-refractivity contribution is 0.0944. The Morgan fingerprint density at radius 1 is 1.65 bits per heavy atom. The van der Waals surface area contributed by atoms with Crippen LogP contribution in [0.1, 0.15) is 23.7 Å². The highest BCUT2D eigenvalue weighted by molar-refractivity contribution is 6.17. The van der Waals surface area contributed by atoms with Gasteiger partial charge in [-0.1, -0.05) is 6.92 Å². The molecule has 1 aromatic rings. The van der Waals surface area contributed by atoms with Gasteiger partial charge in [-0.25, -0.2) is 4.98 Å². The van der Waals surface area contributed by atoms with E-state index in [4.69, 9.17) is 16.3 Å². The molecule has 0 aliphatic carbocycles. The van der Waals surface area contributed by atoms with Gasteiger partial charge in [-0.05, 0) is 24.5 Å². The molecule has 94 valence electrons. The Morgan fingerprint density at radius 2 is 2.41 bits per heavy atom. The first kappa shape index (κ1) is 13.8. The average Bonchev–Trinajstić information content (AvgIpc) is 2.36. The molecule has 0 fully saturated rings. The molecule has 0 saturated heterocycles. The molecule has 0 aliphatic heterocycles. The maximum Gasteiger partial charge on any atom is 0.256 e. The number of aromatic nitrogens is 1. The molecule has 0 saturated carbocycles. The molecule has 0 aromatic carbocycles. The third-order valence-corrected chi connectivity index (χ3v) is 2.64. The van der Waals surface area contributed by atoms with Crippen LogP contribution >= 0.6 is 11.6 Å². The smallest absolute Gasteiger partial charge is 0.256 e. The molecule has 1 atom stereocenters. The van der Waals surface area contributed by atoms with E-state index in [1.54, 1.807) is 18.3 Å². The van der Waals surface area contributed by atoms with Crippen molar-refractivity contribution in [1.29, 1.82) is 0 Å². The van der Waals surface area contributed by atoms with E-state index in [1.807, 2.05) is 6.92 Å². The maximum absolute atomic E-state index is 11.9. The molecule has 1 heterocycles. The molecule has 1 amide bonds. The topological polar surface area (TPSA) is 51.2 Å². The number of hydrogen-bond donors (Lipinski definition) is 1. The van der Waals surface area contributed by atoms with Gasteiger partial charge in [0.2, 0.25) is 5.88 Å². The molecule has 1 unspecified atom stereocenters. The summed E-state index contributed by atoms with van der Waals surface area (Å²) >= 11 is 5.63. The number of methoxy groups -OCH3 is 1. The zero-order valence-electron chi connectivity index (χ0n) is 10.1. The molecule has 0 aliphatic rings. The van der Waals surface area contributed by atoms with Crippen molar-refractivity contribution < 1.29 is 9.53 Å². The highest BCUT2D eigenvalue weighted by Crippen LogP contribution is 2.13. The highest BCUT2D eigenvalue weighted by atomic mass is 35.5. The summed E-state index contributed by atoms with van der Waals surface area (Å²) < 4.78 is 5.03. The number of halogens is 1. The number of carbonyl (C=O) groups excluding carboxylic acids is 1. The molecule has 0 bridgehead atoms. The molecule has 0 radical (unpaired) electrons. The minimum Gasteiger partial charge on any atom is -0.480 e. The predicted molar refractivity (Wildman–Crippen MR) is 67.6 cm³/mol. The van der Waals surface area contributed by atoms with Gasteiger partial charge in [0.15, 0.2) is 0 Å². The van der Waals surface area contributed by atoms with Gasteiger partial charge in [0, 0.05) is 18.6 Å². The van der Waals surface area contributed by atoms with Gasteiger partial charge in [-0.3, -0.25) is 4.79 Å². The van der Waals surface area contributed by atoms with Gasteiger partial charge in [0.25, 0.3) is 5.91 Å². The summed E-state index contributed by atoms with van der Waals surface area (Å²) in [6, 6.07) is 3.40. The van der Waals surface area contributed by atoms with E-state index in [1.165, 1.54) is 7.11 Å². The highest BCUT2D eigenvalue weighted by Gasteiger charge is 2.13. The second-order valence-electron chi connectivity index (χ2n) is 3.85. The molecule has 1 rings (SSSR count). The van der Waals surface area contributed by atoms with E-state index in [9.17, 15) is 4.79 Å². The van der Waals surface area contributed by atoms with E-state index in [0.717, 1.165) is 6.42 Å². The average molecular weight is 257 g/mol. The predicted octanol–water partition coefficient (Wildman–Crippen LogP) is 2.08. The van der Waals surface area contributed by atoms with Crippen LogP contribution in [0.25, 0.3) is 0 Å². The summed E-state index contributed by atoms with van der Waals surface area (Å²) in [7, 11) is 1.50. The van der Waals surface area contributed by atoms with Gasteiger partial charge in [-0.2, -0.15) is 0 Å². The van der Waals surface area contributed by atoms with Crippen LogP contribution in [0.4, 0.5) is 0 Å². The maximum atomic E-state index is 11.9. The standard InChI is InChI=1S/C12H17ClN2O2/c1-9(5-6-13)8-15-11(16)10-4-3-7-14-12(10)17-2/h3-4,7,9H,5-6,8H2,1-2H3,(H,15,16). The van der Waals surface area contributed by atoms with Crippen LogP contribution in [0.15, 0.2) is 18.3 Å². The van der Waals surface area contributed by atoms with Gasteiger partial charge < -0.3 is 10.1 Å². The molecular formula is C12H17ClN2O2. The monoisotopic (exact) mass is 256 g/mol. The third-order valence-electron chi connectivity index (χ3n) is 2.42. The van der Waals surface area contributed by atoms with Crippen molar-refractivity contribution in [3.8, 4) is 5.88 Å². The lowest BCUT2D eigenvalue weighted by Gasteiger charge is -2.12. The van der Waals surface area contributed by atoms with E-state index in [0.29, 0.717) is 29.8 Å². The zero-order chi connectivity index (χ0) is 12.7. The van der Waals surface area contributed by atoms with Crippen LogP contribution in [0.2, 0.25) is 0 Å². The Balaban J connectivity index is 2.58. The number of amides is 1. The Labute approximate surface area is 106 Å². The number of alkyl halides is 1. The van der Waals surface area contributed by atoms with Crippen LogP contribution in [0, 0.1) is 5.92 Å². The fourth-order valence-corrected chi connectivity index (χ4v) is 1.75. The number of pyridine rings is 1. The fourth-order valence-electron chi connectivity index (χ4n) is 1.38. The number of hydrogen-bond acceptors (Lipinski definition) is 3. The van der Waals surface area contributed by atoms with Gasteiger partial charge in [-0.15, -0.1) is 11.6 Å². The van der Waals surface area contributed by atoms with Crippen LogP contribution in [-0.4, -0.2) is 30.4 Å². The molecule has 1 N–H and O–H groups in total. The van der Waals surface area contributed by atoms with Crippen molar-refractivity contribution in [3.05, 3.63) is 23.9 Å². The Morgan fingerprint density at radius 3 is 3.06 bits per heavy atom. The number of carbonyl (C=O) groups is 1. The largest absolute Gasteiger partial charge is 0.480 e. The summed E-state index contributed by atoms with van der Waals surface area (Å²) in [5, 5.41) is 2.84. The lowest BCUT2D eigenvalue weighted by atomic mass is 10.1. The van der Waals surface area contributed by atoms with Gasteiger partial charge in [0.05, 0.1) is 7.11 Å². The Bertz CT molecular complexity index is 371. The number of rotatable bonds is 6. The number of ether oxygens (including phenoxy) is 1. The molecule has 5 heteroatoms. The summed E-state index contributed by atoms with van der Waals surface area (Å²) in [6.45, 7) is 2.65. The quantitative estimate of drug-likeness (QED) is 0.793. The van der Waals surface area contributed by atoms with Crippen molar-refractivity contribution in [3.63, 3.8) is 0 Å². The zero-order valence-corrected chi connectivity index (χ0v) is 10.8. The van der Waals surface area contributed by atoms with Crippen molar-refractivity contribution in [1.82, 2.24) is 10.3 Å². The van der Waals surface area contributed by atoms with Gasteiger partial charge >= 0.3 is 0 Å². The normalized spacial score (nSPS) is 11.9.